The third kappa shape index (κ3) is 91.5. The van der Waals surface area contributed by atoms with Gasteiger partial charge in [0.05, 0.1) is 32.7 Å². The number of hydrogen-bond acceptors (Lipinski definition) is 20. The fourth-order valence-corrected chi connectivity index (χ4v) is 7.12. The van der Waals surface area contributed by atoms with Gasteiger partial charge in [0.1, 0.15) is 23.1 Å². The zero-order valence-corrected chi connectivity index (χ0v) is 83.9. The van der Waals surface area contributed by atoms with Crippen molar-refractivity contribution in [1.29, 1.82) is 0 Å². The molecule has 5 amide bonds. The maximum absolute atomic E-state index is 11.6. The van der Waals surface area contributed by atoms with Crippen molar-refractivity contribution in [2.75, 3.05) is 74.0 Å². The molecule has 0 atom stereocenters. The van der Waals surface area contributed by atoms with Gasteiger partial charge in [-0.05, 0) is 126 Å². The molecule has 0 bridgehead atoms. The number of carbonyl (C=O) groups is 18. The summed E-state index contributed by atoms with van der Waals surface area (Å²) >= 11 is 0. The van der Waals surface area contributed by atoms with Gasteiger partial charge < -0.3 is 36.4 Å². The molecule has 0 rings (SSSR count). The van der Waals surface area contributed by atoms with E-state index in [0.717, 1.165) is 23.8 Å². The first-order valence-electron chi connectivity index (χ1n) is 41.8. The van der Waals surface area contributed by atoms with E-state index >= 15 is 0 Å². The molecule has 0 aromatic carbocycles. The molecular formula is C99H165N7O18. The molecule has 0 fully saturated rings. The van der Waals surface area contributed by atoms with Crippen LogP contribution in [0.2, 0.25) is 0 Å². The maximum atomic E-state index is 11.6. The van der Waals surface area contributed by atoms with Crippen LogP contribution in [0.25, 0.3) is 0 Å². The predicted octanol–water partition coefficient (Wildman–Crippen LogP) is 14.9. The second-order valence-electron chi connectivity index (χ2n) is 39.2. The van der Waals surface area contributed by atoms with Crippen molar-refractivity contribution in [2.45, 2.75) is 294 Å². The van der Waals surface area contributed by atoms with Crippen LogP contribution in [0.3, 0.4) is 0 Å². The molecule has 0 saturated heterocycles. The van der Waals surface area contributed by atoms with Gasteiger partial charge in [-0.2, -0.15) is 0 Å². The highest BCUT2D eigenvalue weighted by atomic mass is 16.2. The molecule has 124 heavy (non-hydrogen) atoms. The summed E-state index contributed by atoms with van der Waals surface area (Å²) in [4.78, 5) is 206. The number of nitrogens with zero attached hydrogens (tertiary/aromatic N) is 2. The van der Waals surface area contributed by atoms with E-state index in [2.05, 4.69) is 56.8 Å². The molecule has 0 heterocycles. The molecule has 704 valence electrons. The lowest BCUT2D eigenvalue weighted by Crippen LogP contribution is -2.34. The van der Waals surface area contributed by atoms with Gasteiger partial charge in [-0.1, -0.05) is 241 Å². The first-order valence-corrected chi connectivity index (χ1v) is 41.8. The van der Waals surface area contributed by atoms with E-state index in [4.69, 9.17) is 0 Å². The Morgan fingerprint density at radius 1 is 0.290 bits per heavy atom. The summed E-state index contributed by atoms with van der Waals surface area (Å²) in [5.41, 5.74) is -1.41. The van der Waals surface area contributed by atoms with Crippen LogP contribution in [0.1, 0.15) is 294 Å². The highest BCUT2D eigenvalue weighted by Gasteiger charge is 2.28. The minimum atomic E-state index is -0.410. The minimum Gasteiger partial charge on any atom is -0.345 e. The van der Waals surface area contributed by atoms with Crippen molar-refractivity contribution in [3.05, 3.63) is 84.6 Å². The fourth-order valence-electron chi connectivity index (χ4n) is 7.12. The first-order chi connectivity index (χ1) is 55.8. The normalized spacial score (nSPS) is 11.2. The number of nitrogens with one attached hydrogen (secondary N) is 5. The molecule has 0 aromatic rings. The molecular weight excluding hydrogens is 1580 g/mol. The van der Waals surface area contributed by atoms with Crippen LogP contribution in [-0.2, 0) is 86.3 Å². The first kappa shape index (κ1) is 132. The molecule has 0 spiro atoms. The number of rotatable bonds is 33. The van der Waals surface area contributed by atoms with Gasteiger partial charge in [-0.25, -0.2) is 0 Å². The predicted molar refractivity (Wildman–Crippen MR) is 503 cm³/mol. The van der Waals surface area contributed by atoms with Gasteiger partial charge >= 0.3 is 0 Å². The largest absolute Gasteiger partial charge is 0.345 e. The van der Waals surface area contributed by atoms with E-state index in [9.17, 15) is 86.3 Å². The molecule has 25 heteroatoms. The second kappa shape index (κ2) is 67.7. The number of hydrogen-bond donors (Lipinski definition) is 5. The van der Waals surface area contributed by atoms with Gasteiger partial charge in [-0.3, -0.25) is 86.3 Å². The lowest BCUT2D eigenvalue weighted by atomic mass is 9.88. The molecule has 0 aromatic heterocycles. The number of Topliss-reactive ketones (excluding diaryl/α,β-unsaturated/α-hetero) is 10. The van der Waals surface area contributed by atoms with E-state index in [0.29, 0.717) is 51.5 Å². The van der Waals surface area contributed by atoms with E-state index < -0.39 is 27.6 Å². The second-order valence-corrected chi connectivity index (χ2v) is 39.2. The smallest absolute Gasteiger partial charge is 0.296 e. The molecule has 0 saturated carbocycles. The summed E-state index contributed by atoms with van der Waals surface area (Å²) in [5.74, 6) is 8.92. The molecule has 0 aliphatic carbocycles. The maximum Gasteiger partial charge on any atom is 0.296 e. The fraction of sp³-hybridized carbons (Fsp3) is 0.636. The van der Waals surface area contributed by atoms with Crippen LogP contribution in [-0.4, -0.2) is 189 Å². The highest BCUT2D eigenvalue weighted by molar-refractivity contribution is 6.00. The summed E-state index contributed by atoms with van der Waals surface area (Å²) in [6, 6.07) is 0. The Labute approximate surface area is 748 Å². The monoisotopic (exact) mass is 1740 g/mol. The summed E-state index contributed by atoms with van der Waals surface area (Å²) in [5, 5.41) is 12.5. The quantitative estimate of drug-likeness (QED) is 0.0231. The van der Waals surface area contributed by atoms with Gasteiger partial charge in [-0.15, -0.1) is 0 Å². The van der Waals surface area contributed by atoms with Crippen molar-refractivity contribution in [3.8, 4) is 23.7 Å². The molecule has 0 aliphatic rings. The molecule has 0 aliphatic heterocycles. The number of ketones is 13. The summed E-state index contributed by atoms with van der Waals surface area (Å²) in [6.07, 6.45) is 19.7. The van der Waals surface area contributed by atoms with Crippen molar-refractivity contribution < 1.29 is 86.3 Å². The zero-order chi connectivity index (χ0) is 100.0. The number of allylic oxidation sites excluding steroid dienone is 7. The van der Waals surface area contributed by atoms with Crippen LogP contribution >= 0.6 is 0 Å². The van der Waals surface area contributed by atoms with E-state index in [1.54, 1.807) is 58.1 Å². The van der Waals surface area contributed by atoms with E-state index in [1.807, 2.05) is 259 Å². The van der Waals surface area contributed by atoms with Crippen LogP contribution < -0.4 is 26.6 Å². The van der Waals surface area contributed by atoms with Gasteiger partial charge in [0.2, 0.25) is 29.4 Å². The minimum absolute atomic E-state index is 0.00115. The van der Waals surface area contributed by atoms with E-state index in [1.165, 1.54) is 24.3 Å². The number of amides is 5. The van der Waals surface area contributed by atoms with Crippen LogP contribution in [0, 0.1) is 72.4 Å². The summed E-state index contributed by atoms with van der Waals surface area (Å²) in [6.45, 7) is 69.2. The molecule has 25 nitrogen and oxygen atoms in total. The topological polar surface area (TPSA) is 374 Å². The van der Waals surface area contributed by atoms with Gasteiger partial charge in [0.15, 0.2) is 46.3 Å². The number of carbonyl (C=O) groups excluding carboxylic acids is 18. The molecule has 0 radical (unpaired) electrons. The Morgan fingerprint density at radius 2 is 0.540 bits per heavy atom. The van der Waals surface area contributed by atoms with Crippen LogP contribution in [0.4, 0.5) is 0 Å². The zero-order valence-electron chi connectivity index (χ0n) is 83.9. The van der Waals surface area contributed by atoms with Crippen molar-refractivity contribution in [2.24, 2.45) is 48.7 Å². The lowest BCUT2D eigenvalue weighted by molar-refractivity contribution is -0.128. The van der Waals surface area contributed by atoms with Crippen LogP contribution in [0.15, 0.2) is 84.6 Å². The Kier molecular flexibility index (Phi) is 72.2. The summed E-state index contributed by atoms with van der Waals surface area (Å²) < 4.78 is 0. The Balaban J connectivity index is -0.000000172. The Morgan fingerprint density at radius 3 is 0.806 bits per heavy atom. The average Bonchev–Trinajstić information content (AvgIpc) is 0.874. The third-order valence-electron chi connectivity index (χ3n) is 15.7. The molecule has 0 unspecified atom stereocenters. The SMILES string of the molecule is C/C=C\C(=O)CCC(=O)C(C)(C)C.C/C=C\C(=O)NCC(=O)C(C)(C)C.C=CC(=O)NCC(=O)C(C)(C)C.CC#CC(=O)CCC(=O)C(C)(C)C.CC#CC(=O)NCC(=O)C(C)(C)C.CC(C)=CC(=O)CCC(=O)C(C)(C)C.CC(C)=CC(=O)NCC(=O)C(C)(C)C.CN(C)C/C=C/C(=O)CCC(=O)C(C)(C)C.CN(C)C/C=C/C(=O)NCC(=O)C(C)(C)C. The van der Waals surface area contributed by atoms with Crippen LogP contribution in [0.5, 0.6) is 0 Å². The summed E-state index contributed by atoms with van der Waals surface area (Å²) in [7, 11) is 7.73. The molecule has 5 N–H and O–H groups in total. The Bertz CT molecular complexity index is 3550. The van der Waals surface area contributed by atoms with Gasteiger partial charge in [0, 0.05) is 125 Å². The standard InChI is InChI=1S/C13H23NO2.C12H22N2O2.C12H20O2.C11H19NO2.C11H18O2.C11H16O2.C10H17NO2.C10H15NO2.C9H15NO2/c1-13(2,3)12(16)9-8-11(15)7-6-10-14(4)5;1-12(2,3)10(15)9-13-11(16)7-6-8-14(4)5;1-9(2)8-10(13)6-7-11(14)12(3,4)5;1-8(2)6-10(14)12-7-9(13)11(3,4)5;2*1-5-6-9(12)7-8-10(13)11(2,3)4;2*1-5-6-9(13)11-7-8(12)10(2,3)4;1-5-8(12)10-6-7(11)9(2,3)4/h6-7H,8-10H2,1-5H3;6-7H,8-9H2,1-5H3,(H,13,16);8H,6-7H2,1-5H3;6H,7H2,1-5H3,(H,12,14);5-6H,7-8H2,1-4H3;7-8H2,1-4H3;5-6H,7H2,1-4H3,(H,11,13);7H2,1-4H3,(H,11,13);5H,1,6H2,2-4H3,(H,10,12)/b2*7-6+;;;6-5-;;6-5-;;. The van der Waals surface area contributed by atoms with Crippen molar-refractivity contribution >= 4 is 105 Å². The Hall–Kier alpha value is -9.72. The van der Waals surface area contributed by atoms with Gasteiger partial charge in [0.25, 0.3) is 5.91 Å². The third-order valence-corrected chi connectivity index (χ3v) is 15.7. The average molecular weight is 1740 g/mol. The van der Waals surface area contributed by atoms with E-state index in [-0.39, 0.29) is 165 Å². The van der Waals surface area contributed by atoms with Crippen molar-refractivity contribution in [3.63, 3.8) is 0 Å². The number of likely N-dealkylation sites (N-methyl/N-ethyl adjacent to an activating group) is 2. The highest BCUT2D eigenvalue weighted by Crippen LogP contribution is 2.22. The van der Waals surface area contributed by atoms with Crippen molar-refractivity contribution in [1.82, 2.24) is 36.4 Å². The lowest BCUT2D eigenvalue weighted by Gasteiger charge is -2.16.